The lowest BCUT2D eigenvalue weighted by Crippen LogP contribution is -2.26. The molecule has 0 saturated carbocycles. The molecule has 1 heterocycles. The quantitative estimate of drug-likeness (QED) is 0.653. The summed E-state index contributed by atoms with van der Waals surface area (Å²) in [6.07, 6.45) is 8.89. The fourth-order valence-electron chi connectivity index (χ4n) is 2.17. The van der Waals surface area contributed by atoms with Gasteiger partial charge in [-0.15, -0.1) is 29.5 Å². The molecule has 4 heteroatoms. The first-order valence-corrected chi connectivity index (χ1v) is 8.19. The molecular weight excluding hydrogens is 270 g/mol. The maximum absolute atomic E-state index is 6.08. The van der Waals surface area contributed by atoms with Crippen LogP contribution in [0.15, 0.2) is 6.07 Å². The van der Waals surface area contributed by atoms with Crippen molar-refractivity contribution < 1.29 is 0 Å². The molecule has 1 nitrogen and oxygen atoms in total. The summed E-state index contributed by atoms with van der Waals surface area (Å²) >= 11 is 9.62. The van der Waals surface area contributed by atoms with Crippen LogP contribution in [0.1, 0.15) is 29.3 Å². The Kier molecular flexibility index (Phi) is 5.24. The molecule has 0 amide bonds. The van der Waals surface area contributed by atoms with Crippen LogP contribution in [0, 0.1) is 12.3 Å². The van der Waals surface area contributed by atoms with E-state index in [4.69, 9.17) is 18.0 Å². The molecule has 1 N–H and O–H groups in total. The van der Waals surface area contributed by atoms with Crippen molar-refractivity contribution in [3.8, 4) is 12.3 Å². The first-order chi connectivity index (χ1) is 8.31. The van der Waals surface area contributed by atoms with E-state index in [1.807, 2.05) is 0 Å². The van der Waals surface area contributed by atoms with Crippen molar-refractivity contribution in [2.45, 2.75) is 25.3 Å². The van der Waals surface area contributed by atoms with Gasteiger partial charge in [-0.3, -0.25) is 0 Å². The van der Waals surface area contributed by atoms with Gasteiger partial charge in [0, 0.05) is 23.2 Å². The third kappa shape index (κ3) is 3.66. The van der Waals surface area contributed by atoms with Crippen molar-refractivity contribution in [3.05, 3.63) is 20.8 Å². The van der Waals surface area contributed by atoms with Crippen molar-refractivity contribution in [2.24, 2.45) is 0 Å². The summed E-state index contributed by atoms with van der Waals surface area (Å²) in [6, 6.07) is 2.63. The molecule has 17 heavy (non-hydrogen) atoms. The van der Waals surface area contributed by atoms with E-state index < -0.39 is 0 Å². The number of fused-ring (bicyclic) bond motifs is 1. The van der Waals surface area contributed by atoms with Crippen molar-refractivity contribution in [1.82, 2.24) is 5.32 Å². The highest BCUT2D eigenvalue weighted by Crippen LogP contribution is 2.37. The normalized spacial score (nSPS) is 18.7. The van der Waals surface area contributed by atoms with Crippen LogP contribution in [0.3, 0.4) is 0 Å². The highest BCUT2D eigenvalue weighted by Gasteiger charge is 2.21. The Bertz CT molecular complexity index is 408. The van der Waals surface area contributed by atoms with Crippen LogP contribution in [0.4, 0.5) is 0 Å². The van der Waals surface area contributed by atoms with Gasteiger partial charge in [0.05, 0.1) is 10.1 Å². The van der Waals surface area contributed by atoms with Gasteiger partial charge in [-0.2, -0.15) is 0 Å². The molecule has 0 fully saturated rings. The molecular formula is C13H16ClNS2. The minimum absolute atomic E-state index is 0.494. The zero-order chi connectivity index (χ0) is 12.1. The topological polar surface area (TPSA) is 12.0 Å². The summed E-state index contributed by atoms with van der Waals surface area (Å²) in [6.45, 7) is 1.02. The SMILES string of the molecule is C#CCSCCNC1CCCc2sc(Cl)cc21. The minimum Gasteiger partial charge on any atom is -0.309 e. The summed E-state index contributed by atoms with van der Waals surface area (Å²) in [5.41, 5.74) is 1.42. The molecule has 1 aromatic heterocycles. The molecule has 0 aromatic carbocycles. The van der Waals surface area contributed by atoms with Gasteiger partial charge >= 0.3 is 0 Å². The second-order valence-electron chi connectivity index (χ2n) is 4.08. The molecule has 2 rings (SSSR count). The maximum Gasteiger partial charge on any atom is 0.0934 e. The summed E-state index contributed by atoms with van der Waals surface area (Å²) < 4.78 is 0.922. The fraction of sp³-hybridized carbons (Fsp3) is 0.538. The van der Waals surface area contributed by atoms with Crippen molar-refractivity contribution in [1.29, 1.82) is 0 Å². The zero-order valence-corrected chi connectivity index (χ0v) is 12.1. The van der Waals surface area contributed by atoms with E-state index in [1.54, 1.807) is 23.1 Å². The molecule has 92 valence electrons. The lowest BCUT2D eigenvalue weighted by molar-refractivity contribution is 0.478. The monoisotopic (exact) mass is 285 g/mol. The predicted octanol–water partition coefficient (Wildman–Crippen LogP) is 3.73. The molecule has 0 bridgehead atoms. The lowest BCUT2D eigenvalue weighted by atomic mass is 9.94. The average molecular weight is 286 g/mol. The molecule has 1 atom stereocenters. The molecule has 1 aromatic rings. The van der Waals surface area contributed by atoms with Crippen molar-refractivity contribution in [2.75, 3.05) is 18.1 Å². The highest BCUT2D eigenvalue weighted by atomic mass is 35.5. The van der Waals surface area contributed by atoms with Crippen LogP contribution in [0.25, 0.3) is 0 Å². The zero-order valence-electron chi connectivity index (χ0n) is 9.67. The lowest BCUT2D eigenvalue weighted by Gasteiger charge is -2.23. The van der Waals surface area contributed by atoms with Crippen LogP contribution < -0.4 is 5.32 Å². The van der Waals surface area contributed by atoms with E-state index >= 15 is 0 Å². The Morgan fingerprint density at radius 2 is 2.53 bits per heavy atom. The van der Waals surface area contributed by atoms with E-state index in [9.17, 15) is 0 Å². The summed E-state index contributed by atoms with van der Waals surface area (Å²) in [7, 11) is 0. The number of rotatable bonds is 5. The van der Waals surface area contributed by atoms with Crippen LogP contribution >= 0.6 is 34.7 Å². The molecule has 0 saturated heterocycles. The molecule has 0 radical (unpaired) electrons. The van der Waals surface area contributed by atoms with Gasteiger partial charge < -0.3 is 5.32 Å². The van der Waals surface area contributed by atoms with E-state index in [0.29, 0.717) is 6.04 Å². The molecule has 1 unspecified atom stereocenters. The predicted molar refractivity (Wildman–Crippen MR) is 79.2 cm³/mol. The van der Waals surface area contributed by atoms with Gasteiger partial charge in [-0.05, 0) is 30.9 Å². The van der Waals surface area contributed by atoms with Crippen LogP contribution in [-0.4, -0.2) is 18.1 Å². The number of nitrogens with one attached hydrogen (secondary N) is 1. The fourth-order valence-corrected chi connectivity index (χ4v) is 4.08. The second-order valence-corrected chi connectivity index (χ2v) is 6.96. The van der Waals surface area contributed by atoms with Crippen LogP contribution in [0.5, 0.6) is 0 Å². The van der Waals surface area contributed by atoms with Gasteiger partial charge in [-0.1, -0.05) is 17.5 Å². The van der Waals surface area contributed by atoms with Gasteiger partial charge in [0.1, 0.15) is 0 Å². The van der Waals surface area contributed by atoms with E-state index in [1.165, 1.54) is 29.7 Å². The number of halogens is 1. The summed E-state index contributed by atoms with van der Waals surface area (Å²) in [5.74, 6) is 4.53. The number of aryl methyl sites for hydroxylation is 1. The summed E-state index contributed by atoms with van der Waals surface area (Å²) in [5, 5.41) is 3.61. The minimum atomic E-state index is 0.494. The second kappa shape index (κ2) is 6.70. The Labute approximate surface area is 116 Å². The smallest absolute Gasteiger partial charge is 0.0934 e. The van der Waals surface area contributed by atoms with Gasteiger partial charge in [0.2, 0.25) is 0 Å². The molecule has 1 aliphatic rings. The molecule has 0 aliphatic heterocycles. The van der Waals surface area contributed by atoms with Gasteiger partial charge in [0.15, 0.2) is 0 Å². The van der Waals surface area contributed by atoms with Crippen LogP contribution in [0.2, 0.25) is 4.34 Å². The molecule has 1 aliphatic carbocycles. The Hall–Kier alpha value is -0.140. The maximum atomic E-state index is 6.08. The van der Waals surface area contributed by atoms with E-state index in [2.05, 4.69) is 17.3 Å². The highest BCUT2D eigenvalue weighted by molar-refractivity contribution is 7.99. The van der Waals surface area contributed by atoms with Gasteiger partial charge in [0.25, 0.3) is 0 Å². The van der Waals surface area contributed by atoms with E-state index in [0.717, 1.165) is 22.4 Å². The summed E-state index contributed by atoms with van der Waals surface area (Å²) in [4.78, 5) is 1.47. The number of thioether (sulfide) groups is 1. The van der Waals surface area contributed by atoms with Crippen molar-refractivity contribution >= 4 is 34.7 Å². The van der Waals surface area contributed by atoms with Gasteiger partial charge in [-0.25, -0.2) is 0 Å². The largest absolute Gasteiger partial charge is 0.309 e. The Morgan fingerprint density at radius 1 is 1.65 bits per heavy atom. The van der Waals surface area contributed by atoms with E-state index in [-0.39, 0.29) is 0 Å². The third-order valence-electron chi connectivity index (χ3n) is 2.91. The Balaban J connectivity index is 1.84. The molecule has 0 spiro atoms. The first-order valence-electron chi connectivity index (χ1n) is 5.84. The number of thiophene rings is 1. The standard InChI is InChI=1S/C13H16ClNS2/c1-2-7-16-8-6-15-11-4-3-5-12-10(11)9-13(14)17-12/h1,9,11,15H,3-8H2. The van der Waals surface area contributed by atoms with Crippen molar-refractivity contribution in [3.63, 3.8) is 0 Å². The average Bonchev–Trinajstić information content (AvgIpc) is 2.70. The number of hydrogen-bond acceptors (Lipinski definition) is 3. The Morgan fingerprint density at radius 3 is 3.35 bits per heavy atom. The number of hydrogen-bond donors (Lipinski definition) is 1. The van der Waals surface area contributed by atoms with Crippen LogP contribution in [-0.2, 0) is 6.42 Å². The number of terminal acetylenes is 1. The first kappa shape index (κ1) is 13.3. The third-order valence-corrected chi connectivity index (χ3v) is 5.11.